The summed E-state index contributed by atoms with van der Waals surface area (Å²) in [5.74, 6) is 0. The Morgan fingerprint density at radius 3 is 1.92 bits per heavy atom. The summed E-state index contributed by atoms with van der Waals surface area (Å²) in [6.45, 7) is 0. The van der Waals surface area contributed by atoms with Gasteiger partial charge in [-0.15, -0.1) is 17.0 Å². The fourth-order valence-corrected chi connectivity index (χ4v) is 1.58. The van der Waals surface area contributed by atoms with Gasteiger partial charge in [-0.2, -0.15) is 0 Å². The summed E-state index contributed by atoms with van der Waals surface area (Å²) in [7, 11) is -3.04. The summed E-state index contributed by atoms with van der Waals surface area (Å²) in [4.78, 5) is 0.348. The van der Waals surface area contributed by atoms with E-state index in [2.05, 4.69) is 15.9 Å². The fraction of sp³-hybridized carbons (Fsp3) is 0.143. The second kappa shape index (κ2) is 4.39. The first-order valence-corrected chi connectivity index (χ1v) is 5.64. The average Bonchev–Trinajstić information content (AvgIpc) is 1.86. The van der Waals surface area contributed by atoms with Crippen molar-refractivity contribution in [1.29, 1.82) is 0 Å². The zero-order valence-corrected chi connectivity index (χ0v) is 10.4. The van der Waals surface area contributed by atoms with E-state index in [4.69, 9.17) is 0 Å². The van der Waals surface area contributed by atoms with E-state index in [0.717, 1.165) is 4.47 Å². The monoisotopic (exact) mass is 314 g/mol. The van der Waals surface area contributed by atoms with Crippen LogP contribution in [0.1, 0.15) is 0 Å². The van der Waals surface area contributed by atoms with Gasteiger partial charge >= 0.3 is 0 Å². The third-order valence-corrected chi connectivity index (χ3v) is 2.90. The number of hydrogen-bond acceptors (Lipinski definition) is 2. The van der Waals surface area contributed by atoms with Gasteiger partial charge in [-0.1, -0.05) is 15.9 Å². The molecule has 1 rings (SSSR count). The first-order valence-electron chi connectivity index (χ1n) is 2.96. The van der Waals surface area contributed by atoms with Gasteiger partial charge in [-0.25, -0.2) is 8.42 Å². The van der Waals surface area contributed by atoms with Gasteiger partial charge in [-0.3, -0.25) is 0 Å². The number of rotatable bonds is 1. The second-order valence-corrected chi connectivity index (χ2v) is 5.16. The standard InChI is InChI=1S/C7H7BrO2S.BrH/c1-11(9,10)7-4-2-6(8)3-5-7;/h2-5H,1H3;1H. The smallest absolute Gasteiger partial charge is 0.175 e. The molecule has 0 aliphatic heterocycles. The minimum atomic E-state index is -3.04. The zero-order valence-electron chi connectivity index (χ0n) is 6.32. The Morgan fingerprint density at radius 1 is 1.17 bits per heavy atom. The molecule has 68 valence electrons. The molecular weight excluding hydrogens is 308 g/mol. The first-order chi connectivity index (χ1) is 5.00. The van der Waals surface area contributed by atoms with Crippen molar-refractivity contribution < 1.29 is 8.42 Å². The van der Waals surface area contributed by atoms with E-state index in [9.17, 15) is 8.42 Å². The van der Waals surface area contributed by atoms with E-state index in [1.165, 1.54) is 6.26 Å². The molecule has 0 aliphatic carbocycles. The maximum Gasteiger partial charge on any atom is 0.175 e. The number of hydrogen-bond donors (Lipinski definition) is 0. The highest BCUT2D eigenvalue weighted by Crippen LogP contribution is 2.13. The lowest BCUT2D eigenvalue weighted by atomic mass is 10.4. The summed E-state index contributed by atoms with van der Waals surface area (Å²) < 4.78 is 22.7. The highest BCUT2D eigenvalue weighted by Gasteiger charge is 2.04. The minimum absolute atomic E-state index is 0. The van der Waals surface area contributed by atoms with E-state index >= 15 is 0 Å². The van der Waals surface area contributed by atoms with Gasteiger partial charge in [0.1, 0.15) is 0 Å². The molecule has 1 aromatic carbocycles. The molecule has 12 heavy (non-hydrogen) atoms. The van der Waals surface area contributed by atoms with Gasteiger partial charge in [0, 0.05) is 10.7 Å². The normalized spacial score (nSPS) is 10.5. The van der Waals surface area contributed by atoms with Crippen molar-refractivity contribution in [2.75, 3.05) is 6.26 Å². The number of halogens is 2. The van der Waals surface area contributed by atoms with E-state index in [-0.39, 0.29) is 17.0 Å². The van der Waals surface area contributed by atoms with Crippen molar-refractivity contribution in [2.45, 2.75) is 4.90 Å². The fourth-order valence-electron chi connectivity index (χ4n) is 0.682. The molecule has 2 nitrogen and oxygen atoms in total. The summed E-state index contributed by atoms with van der Waals surface area (Å²) in [6.07, 6.45) is 1.19. The van der Waals surface area contributed by atoms with Crippen LogP contribution in [0.3, 0.4) is 0 Å². The van der Waals surface area contributed by atoms with Crippen molar-refractivity contribution in [2.24, 2.45) is 0 Å². The lowest BCUT2D eigenvalue weighted by Crippen LogP contribution is -1.95. The van der Waals surface area contributed by atoms with Crippen LogP contribution in [-0.2, 0) is 9.84 Å². The Bertz CT molecular complexity index is 342. The predicted molar refractivity (Wildman–Crippen MR) is 57.6 cm³/mol. The first kappa shape index (κ1) is 12.1. The van der Waals surface area contributed by atoms with Crippen molar-refractivity contribution in [3.63, 3.8) is 0 Å². The van der Waals surface area contributed by atoms with E-state index in [1.54, 1.807) is 24.3 Å². The van der Waals surface area contributed by atoms with Crippen molar-refractivity contribution in [1.82, 2.24) is 0 Å². The quantitative estimate of drug-likeness (QED) is 0.797. The number of sulfone groups is 1. The Labute approximate surface area is 90.8 Å². The molecule has 0 bridgehead atoms. The molecule has 1 aromatic rings. The minimum Gasteiger partial charge on any atom is -0.224 e. The Morgan fingerprint density at radius 2 is 1.58 bits per heavy atom. The van der Waals surface area contributed by atoms with Crippen LogP contribution < -0.4 is 0 Å². The summed E-state index contributed by atoms with van der Waals surface area (Å²) in [5, 5.41) is 0. The molecule has 0 amide bonds. The summed E-state index contributed by atoms with van der Waals surface area (Å²) in [6, 6.07) is 6.55. The van der Waals surface area contributed by atoms with Gasteiger partial charge in [0.05, 0.1) is 4.90 Å². The van der Waals surface area contributed by atoms with Crippen LogP contribution in [0.2, 0.25) is 0 Å². The highest BCUT2D eigenvalue weighted by atomic mass is 79.9. The maximum absolute atomic E-state index is 10.9. The maximum atomic E-state index is 10.9. The predicted octanol–water partition coefficient (Wildman–Crippen LogP) is 2.43. The third kappa shape index (κ3) is 3.25. The van der Waals surface area contributed by atoms with Crippen LogP contribution in [-0.4, -0.2) is 14.7 Å². The van der Waals surface area contributed by atoms with Gasteiger partial charge < -0.3 is 0 Å². The molecule has 0 saturated carbocycles. The van der Waals surface area contributed by atoms with E-state index in [0.29, 0.717) is 4.90 Å². The topological polar surface area (TPSA) is 34.1 Å². The Balaban J connectivity index is 0.00000121. The van der Waals surface area contributed by atoms with Crippen LogP contribution in [0.25, 0.3) is 0 Å². The van der Waals surface area contributed by atoms with Crippen molar-refractivity contribution in [3.05, 3.63) is 28.7 Å². The molecule has 0 atom stereocenters. The molecular formula is C7H8Br2O2S. The molecule has 0 aromatic heterocycles. The average molecular weight is 316 g/mol. The SMILES string of the molecule is Br.CS(=O)(=O)c1ccc(Br)cc1. The molecule has 0 N–H and O–H groups in total. The summed E-state index contributed by atoms with van der Waals surface area (Å²) >= 11 is 3.22. The van der Waals surface area contributed by atoms with Gasteiger partial charge in [0.2, 0.25) is 0 Å². The lowest BCUT2D eigenvalue weighted by Gasteiger charge is -1.96. The summed E-state index contributed by atoms with van der Waals surface area (Å²) in [5.41, 5.74) is 0. The van der Waals surface area contributed by atoms with Crippen molar-refractivity contribution >= 4 is 42.7 Å². The van der Waals surface area contributed by atoms with Crippen molar-refractivity contribution in [3.8, 4) is 0 Å². The largest absolute Gasteiger partial charge is 0.224 e. The van der Waals surface area contributed by atoms with Crippen LogP contribution in [0.5, 0.6) is 0 Å². The molecule has 0 saturated heterocycles. The van der Waals surface area contributed by atoms with Gasteiger partial charge in [0.15, 0.2) is 9.84 Å². The van der Waals surface area contributed by atoms with E-state index < -0.39 is 9.84 Å². The zero-order chi connectivity index (χ0) is 8.48. The molecule has 0 aliphatic rings. The Hall–Kier alpha value is 0.130. The van der Waals surface area contributed by atoms with Gasteiger partial charge in [-0.05, 0) is 24.3 Å². The highest BCUT2D eigenvalue weighted by molar-refractivity contribution is 9.10. The molecule has 0 spiro atoms. The van der Waals surface area contributed by atoms with Gasteiger partial charge in [0.25, 0.3) is 0 Å². The Kier molecular flexibility index (Phi) is 4.44. The third-order valence-electron chi connectivity index (χ3n) is 1.24. The van der Waals surface area contributed by atoms with Crippen LogP contribution in [0, 0.1) is 0 Å². The molecule has 0 unspecified atom stereocenters. The molecule has 0 heterocycles. The van der Waals surface area contributed by atoms with E-state index in [1.807, 2.05) is 0 Å². The molecule has 5 heteroatoms. The molecule has 0 radical (unpaired) electrons. The second-order valence-electron chi connectivity index (χ2n) is 2.23. The number of benzene rings is 1. The van der Waals surface area contributed by atoms with Crippen LogP contribution in [0.15, 0.2) is 33.6 Å². The van der Waals surface area contributed by atoms with Crippen LogP contribution >= 0.6 is 32.9 Å². The van der Waals surface area contributed by atoms with Crippen LogP contribution in [0.4, 0.5) is 0 Å². The molecule has 0 fully saturated rings. The lowest BCUT2D eigenvalue weighted by molar-refractivity contribution is 0.602.